The Balaban J connectivity index is 1.61. The molecular weight excluding hydrogens is 408 g/mol. The van der Waals surface area contributed by atoms with Crippen molar-refractivity contribution in [3.8, 4) is 22.5 Å². The third-order valence-corrected chi connectivity index (χ3v) is 5.24. The van der Waals surface area contributed by atoms with Crippen molar-refractivity contribution in [1.29, 1.82) is 0 Å². The molecule has 164 valence electrons. The molecule has 2 aromatic heterocycles. The van der Waals surface area contributed by atoms with Gasteiger partial charge >= 0.3 is 5.97 Å². The molecule has 2 aromatic carbocycles. The van der Waals surface area contributed by atoms with E-state index in [1.165, 1.54) is 4.68 Å². The maximum absolute atomic E-state index is 11.7. The SMILES string of the molecule is CCCCN(Cc1ccc(-c2ccccc2-c2nn[nH]n2)cc1)c1nnn(C)c1C(=O)O. The Kier molecular flexibility index (Phi) is 6.20. The summed E-state index contributed by atoms with van der Waals surface area (Å²) < 4.78 is 1.30. The van der Waals surface area contributed by atoms with Crippen LogP contribution in [0.3, 0.4) is 0 Å². The van der Waals surface area contributed by atoms with E-state index in [4.69, 9.17) is 0 Å². The number of hydrogen-bond acceptors (Lipinski definition) is 7. The number of nitrogens with one attached hydrogen (secondary N) is 1. The van der Waals surface area contributed by atoms with E-state index in [0.717, 1.165) is 35.1 Å². The average Bonchev–Trinajstić information content (AvgIpc) is 3.47. The zero-order valence-electron chi connectivity index (χ0n) is 17.9. The number of carbonyl (C=O) groups is 1. The number of aromatic carboxylic acids is 1. The summed E-state index contributed by atoms with van der Waals surface area (Å²) in [5.74, 6) is -0.110. The largest absolute Gasteiger partial charge is 0.476 e. The maximum atomic E-state index is 11.7. The van der Waals surface area contributed by atoms with E-state index in [9.17, 15) is 9.90 Å². The quantitative estimate of drug-likeness (QED) is 0.413. The molecule has 10 heteroatoms. The number of anilines is 1. The van der Waals surface area contributed by atoms with Gasteiger partial charge in [0.25, 0.3) is 0 Å². The molecule has 0 saturated carbocycles. The minimum absolute atomic E-state index is 0.0896. The lowest BCUT2D eigenvalue weighted by Gasteiger charge is -2.23. The molecule has 4 aromatic rings. The lowest BCUT2D eigenvalue weighted by molar-refractivity contribution is 0.0685. The van der Waals surface area contributed by atoms with Crippen LogP contribution in [0.4, 0.5) is 5.82 Å². The molecule has 0 aliphatic carbocycles. The number of aryl methyl sites for hydroxylation is 1. The molecule has 0 fully saturated rings. The fourth-order valence-electron chi connectivity index (χ4n) is 3.62. The van der Waals surface area contributed by atoms with E-state index in [-0.39, 0.29) is 5.69 Å². The van der Waals surface area contributed by atoms with Gasteiger partial charge < -0.3 is 10.0 Å². The number of carboxylic acids is 1. The summed E-state index contributed by atoms with van der Waals surface area (Å²) in [5.41, 5.74) is 4.06. The van der Waals surface area contributed by atoms with Crippen molar-refractivity contribution < 1.29 is 9.90 Å². The fourth-order valence-corrected chi connectivity index (χ4v) is 3.62. The van der Waals surface area contributed by atoms with Gasteiger partial charge in [-0.15, -0.1) is 15.3 Å². The van der Waals surface area contributed by atoms with Gasteiger partial charge in [0.05, 0.1) is 0 Å². The molecule has 0 atom stereocenters. The molecule has 0 aliphatic heterocycles. The third kappa shape index (κ3) is 4.34. The number of aromatic nitrogens is 7. The van der Waals surface area contributed by atoms with Crippen molar-refractivity contribution in [3.63, 3.8) is 0 Å². The number of H-pyrrole nitrogens is 1. The Morgan fingerprint density at radius 2 is 1.84 bits per heavy atom. The zero-order chi connectivity index (χ0) is 22.5. The Morgan fingerprint density at radius 1 is 1.09 bits per heavy atom. The molecule has 4 rings (SSSR count). The van der Waals surface area contributed by atoms with E-state index >= 15 is 0 Å². The van der Waals surface area contributed by atoms with Gasteiger partial charge in [-0.25, -0.2) is 9.48 Å². The molecular formula is C22H24N8O2. The number of aromatic amines is 1. The minimum atomic E-state index is -1.04. The Bertz CT molecular complexity index is 1190. The molecule has 0 spiro atoms. The first-order valence-corrected chi connectivity index (χ1v) is 10.4. The third-order valence-electron chi connectivity index (χ3n) is 5.24. The van der Waals surface area contributed by atoms with Crippen LogP contribution in [-0.4, -0.2) is 53.2 Å². The van der Waals surface area contributed by atoms with Crippen molar-refractivity contribution in [1.82, 2.24) is 35.6 Å². The second-order valence-electron chi connectivity index (χ2n) is 7.44. The van der Waals surface area contributed by atoms with E-state index in [2.05, 4.69) is 37.9 Å². The van der Waals surface area contributed by atoms with E-state index in [1.807, 2.05) is 53.4 Å². The van der Waals surface area contributed by atoms with Crippen molar-refractivity contribution in [2.24, 2.45) is 7.05 Å². The maximum Gasteiger partial charge on any atom is 0.358 e. The molecule has 0 amide bonds. The number of carboxylic acid groups (broad SMARTS) is 1. The van der Waals surface area contributed by atoms with Crippen molar-refractivity contribution in [2.75, 3.05) is 11.4 Å². The van der Waals surface area contributed by atoms with E-state index < -0.39 is 5.97 Å². The van der Waals surface area contributed by atoms with E-state index in [1.54, 1.807) is 7.05 Å². The van der Waals surface area contributed by atoms with Crippen LogP contribution in [0, 0.1) is 0 Å². The molecule has 2 heterocycles. The summed E-state index contributed by atoms with van der Waals surface area (Å²) in [7, 11) is 1.59. The summed E-state index contributed by atoms with van der Waals surface area (Å²) in [6, 6.07) is 16.1. The highest BCUT2D eigenvalue weighted by Gasteiger charge is 2.23. The van der Waals surface area contributed by atoms with Crippen molar-refractivity contribution in [3.05, 3.63) is 59.8 Å². The van der Waals surface area contributed by atoms with Gasteiger partial charge in [-0.3, -0.25) is 0 Å². The Hall–Kier alpha value is -4.08. The van der Waals surface area contributed by atoms with Gasteiger partial charge in [-0.1, -0.05) is 67.1 Å². The predicted octanol–water partition coefficient (Wildman–Crippen LogP) is 3.17. The molecule has 0 saturated heterocycles. The topological polar surface area (TPSA) is 126 Å². The highest BCUT2D eigenvalue weighted by atomic mass is 16.4. The fraction of sp³-hybridized carbons (Fsp3) is 0.273. The van der Waals surface area contributed by atoms with Crippen LogP contribution >= 0.6 is 0 Å². The second kappa shape index (κ2) is 9.38. The van der Waals surface area contributed by atoms with Crippen LogP contribution in [0.15, 0.2) is 48.5 Å². The number of nitrogens with zero attached hydrogens (tertiary/aromatic N) is 7. The Morgan fingerprint density at radius 3 is 2.50 bits per heavy atom. The van der Waals surface area contributed by atoms with Gasteiger partial charge in [0, 0.05) is 25.7 Å². The predicted molar refractivity (Wildman–Crippen MR) is 119 cm³/mol. The first-order chi connectivity index (χ1) is 15.6. The highest BCUT2D eigenvalue weighted by molar-refractivity contribution is 5.91. The van der Waals surface area contributed by atoms with Crippen molar-refractivity contribution in [2.45, 2.75) is 26.3 Å². The molecule has 2 N–H and O–H groups in total. The summed E-state index contributed by atoms with van der Waals surface area (Å²) in [5, 5.41) is 32.0. The van der Waals surface area contributed by atoms with Gasteiger partial charge in [0.15, 0.2) is 11.5 Å². The monoisotopic (exact) mass is 432 g/mol. The second-order valence-corrected chi connectivity index (χ2v) is 7.44. The summed E-state index contributed by atoms with van der Waals surface area (Å²) >= 11 is 0. The average molecular weight is 432 g/mol. The number of benzene rings is 2. The number of hydrogen-bond donors (Lipinski definition) is 2. The molecule has 32 heavy (non-hydrogen) atoms. The smallest absolute Gasteiger partial charge is 0.358 e. The minimum Gasteiger partial charge on any atom is -0.476 e. The summed E-state index contributed by atoms with van der Waals surface area (Å²) in [6.07, 6.45) is 1.91. The van der Waals surface area contributed by atoms with E-state index in [0.29, 0.717) is 24.7 Å². The molecule has 0 aliphatic rings. The zero-order valence-corrected chi connectivity index (χ0v) is 17.9. The molecule has 0 bridgehead atoms. The van der Waals surface area contributed by atoms with Gasteiger partial charge in [-0.05, 0) is 28.3 Å². The summed E-state index contributed by atoms with van der Waals surface area (Å²) in [4.78, 5) is 13.7. The van der Waals surface area contributed by atoms with Gasteiger partial charge in [0.1, 0.15) is 0 Å². The number of tetrazole rings is 1. The van der Waals surface area contributed by atoms with Crippen LogP contribution in [0.25, 0.3) is 22.5 Å². The molecule has 0 unspecified atom stereocenters. The standard InChI is InChI=1S/C22H24N8O2/c1-3-4-13-30(21-19(22(31)32)29(2)28-25-21)14-15-9-11-16(12-10-15)17-7-5-6-8-18(17)20-23-26-27-24-20/h5-12H,3-4,13-14H2,1-2H3,(H,31,32)(H,23,24,26,27). The van der Waals surface area contributed by atoms with Crippen LogP contribution < -0.4 is 4.90 Å². The highest BCUT2D eigenvalue weighted by Crippen LogP contribution is 2.30. The van der Waals surface area contributed by atoms with Crippen LogP contribution in [0.1, 0.15) is 35.8 Å². The number of unbranched alkanes of at least 4 members (excludes halogenated alkanes) is 1. The first-order valence-electron chi connectivity index (χ1n) is 10.4. The lowest BCUT2D eigenvalue weighted by atomic mass is 9.98. The first kappa shape index (κ1) is 21.2. The van der Waals surface area contributed by atoms with Gasteiger partial charge in [0.2, 0.25) is 5.82 Å². The molecule has 10 nitrogen and oxygen atoms in total. The van der Waals surface area contributed by atoms with Gasteiger partial charge in [-0.2, -0.15) is 5.21 Å². The summed E-state index contributed by atoms with van der Waals surface area (Å²) in [6.45, 7) is 3.33. The van der Waals surface area contributed by atoms with Crippen LogP contribution in [0.5, 0.6) is 0 Å². The van der Waals surface area contributed by atoms with Crippen LogP contribution in [0.2, 0.25) is 0 Å². The number of rotatable bonds is 9. The lowest BCUT2D eigenvalue weighted by Crippen LogP contribution is -2.26. The van der Waals surface area contributed by atoms with Crippen LogP contribution in [-0.2, 0) is 13.6 Å². The normalized spacial score (nSPS) is 10.9. The van der Waals surface area contributed by atoms with Crippen molar-refractivity contribution >= 4 is 11.8 Å². The molecule has 0 radical (unpaired) electrons. The Labute approximate surface area is 184 Å².